The number of esters is 4. The van der Waals surface area contributed by atoms with E-state index < -0.39 is 97.5 Å². The van der Waals surface area contributed by atoms with E-state index in [1.54, 1.807) is 0 Å². The Morgan fingerprint density at radius 2 is 0.526 bits per heavy atom. The molecule has 97 heavy (non-hydrogen) atoms. The third-order valence-corrected chi connectivity index (χ3v) is 20.4. The minimum absolute atomic E-state index is 0.105. The van der Waals surface area contributed by atoms with Crippen molar-refractivity contribution in [2.24, 2.45) is 17.8 Å². The minimum atomic E-state index is -4.96. The van der Waals surface area contributed by atoms with Gasteiger partial charge in [0, 0.05) is 25.7 Å². The van der Waals surface area contributed by atoms with Crippen molar-refractivity contribution in [2.75, 3.05) is 39.6 Å². The predicted molar refractivity (Wildman–Crippen MR) is 395 cm³/mol. The Hall–Kier alpha value is -1.94. The van der Waals surface area contributed by atoms with Crippen LogP contribution in [0.5, 0.6) is 0 Å². The third-order valence-electron chi connectivity index (χ3n) is 18.5. The van der Waals surface area contributed by atoms with Gasteiger partial charge in [0.1, 0.15) is 19.3 Å². The van der Waals surface area contributed by atoms with Gasteiger partial charge in [-0.3, -0.25) is 37.3 Å². The van der Waals surface area contributed by atoms with Crippen LogP contribution in [0.1, 0.15) is 402 Å². The van der Waals surface area contributed by atoms with E-state index in [2.05, 4.69) is 48.5 Å². The maximum atomic E-state index is 13.1. The van der Waals surface area contributed by atoms with E-state index in [1.807, 2.05) is 0 Å². The summed E-state index contributed by atoms with van der Waals surface area (Å²) in [5.41, 5.74) is 0. The largest absolute Gasteiger partial charge is 0.472 e. The molecule has 0 aliphatic rings. The topological polar surface area (TPSA) is 237 Å². The number of unbranched alkanes of at least 4 members (excludes halogenated alkanes) is 43. The van der Waals surface area contributed by atoms with Crippen molar-refractivity contribution in [2.45, 2.75) is 420 Å². The molecule has 0 aliphatic heterocycles. The molecule has 0 amide bonds. The van der Waals surface area contributed by atoms with Gasteiger partial charge < -0.3 is 33.8 Å². The van der Waals surface area contributed by atoms with Crippen LogP contribution in [0.25, 0.3) is 0 Å². The van der Waals surface area contributed by atoms with Crippen LogP contribution in [0.15, 0.2) is 0 Å². The highest BCUT2D eigenvalue weighted by Crippen LogP contribution is 2.45. The summed E-state index contributed by atoms with van der Waals surface area (Å²) in [6.45, 7) is 11.9. The highest BCUT2D eigenvalue weighted by Gasteiger charge is 2.30. The van der Waals surface area contributed by atoms with E-state index in [1.165, 1.54) is 212 Å². The lowest BCUT2D eigenvalue weighted by atomic mass is 9.99. The van der Waals surface area contributed by atoms with Crippen LogP contribution >= 0.6 is 15.6 Å². The maximum absolute atomic E-state index is 13.1. The number of rotatable bonds is 76. The Morgan fingerprint density at radius 3 is 0.784 bits per heavy atom. The maximum Gasteiger partial charge on any atom is 0.472 e. The van der Waals surface area contributed by atoms with Crippen LogP contribution in [0, 0.1) is 17.8 Å². The highest BCUT2D eigenvalue weighted by atomic mass is 31.2. The Bertz CT molecular complexity index is 1890. The van der Waals surface area contributed by atoms with Gasteiger partial charge in [0.2, 0.25) is 0 Å². The Kier molecular flexibility index (Phi) is 67.1. The van der Waals surface area contributed by atoms with E-state index in [-0.39, 0.29) is 25.7 Å². The van der Waals surface area contributed by atoms with Crippen LogP contribution < -0.4 is 0 Å². The number of phosphoric acid groups is 2. The standard InChI is InChI=1S/C78H152O17P2/c1-8-10-11-12-13-28-38-45-52-59-75(80)88-65-74(95-78(83)62-55-48-41-34-33-37-44-51-58-71(7)9-2)68-93-97(86,87)91-64-72(79)63-90-96(84,85)92-67-73(66-89-76(81)60-53-46-39-31-26-22-19-18-21-25-30-36-43-50-57-70(5)6)94-77(82)61-54-47-40-32-27-23-17-15-14-16-20-24-29-35-42-49-56-69(3)4/h69-74,79H,8-68H2,1-7H3,(H,84,85)(H,86,87)/t71?,72-,73-,74-/m1/s1. The summed E-state index contributed by atoms with van der Waals surface area (Å²) >= 11 is 0. The molecule has 0 saturated carbocycles. The van der Waals surface area contributed by atoms with Crippen LogP contribution in [0.3, 0.4) is 0 Å². The van der Waals surface area contributed by atoms with Gasteiger partial charge >= 0.3 is 39.5 Å². The van der Waals surface area contributed by atoms with Gasteiger partial charge in [0.15, 0.2) is 12.2 Å². The fourth-order valence-electron chi connectivity index (χ4n) is 11.9. The molecule has 17 nitrogen and oxygen atoms in total. The van der Waals surface area contributed by atoms with E-state index in [4.69, 9.17) is 37.0 Å². The summed E-state index contributed by atoms with van der Waals surface area (Å²) < 4.78 is 68.6. The molecule has 0 aromatic carbocycles. The molecule has 0 radical (unpaired) electrons. The summed E-state index contributed by atoms with van der Waals surface area (Å²) in [7, 11) is -9.91. The summed E-state index contributed by atoms with van der Waals surface area (Å²) in [5, 5.41) is 10.6. The van der Waals surface area contributed by atoms with Gasteiger partial charge in [0.25, 0.3) is 0 Å². The van der Waals surface area contributed by atoms with E-state index in [0.717, 1.165) is 108 Å². The quantitative estimate of drug-likeness (QED) is 0.0222. The predicted octanol–water partition coefficient (Wildman–Crippen LogP) is 23.0. The summed E-state index contributed by atoms with van der Waals surface area (Å²) in [4.78, 5) is 72.8. The zero-order chi connectivity index (χ0) is 71.6. The average molecular weight is 1420 g/mol. The second-order valence-electron chi connectivity index (χ2n) is 29.3. The van der Waals surface area contributed by atoms with Gasteiger partial charge in [-0.25, -0.2) is 9.13 Å². The lowest BCUT2D eigenvalue weighted by molar-refractivity contribution is -0.161. The first-order valence-electron chi connectivity index (χ1n) is 40.4. The SMILES string of the molecule is CCCCCCCCCCCC(=O)OC[C@H](COP(=O)(O)OC[C@H](O)COP(=O)(O)OC[C@@H](COC(=O)CCCCCCCCCCCCCCCCC(C)C)OC(=O)CCCCCCCCCCCCCCCCCCC(C)C)OC(=O)CCCCCCCCCCC(C)CC. The van der Waals surface area contributed by atoms with Gasteiger partial charge in [-0.2, -0.15) is 0 Å². The average Bonchev–Trinajstić information content (AvgIpc) is 1.18. The number of hydrogen-bond acceptors (Lipinski definition) is 15. The zero-order valence-electron chi connectivity index (χ0n) is 63.5. The second kappa shape index (κ2) is 68.5. The summed E-state index contributed by atoms with van der Waals surface area (Å²) in [5.74, 6) is 0.261. The van der Waals surface area contributed by atoms with Crippen LogP contribution in [0.4, 0.5) is 0 Å². The molecule has 0 saturated heterocycles. The normalized spacial score (nSPS) is 14.3. The number of carbonyl (C=O) groups is 4. The number of ether oxygens (including phenoxy) is 4. The summed E-state index contributed by atoms with van der Waals surface area (Å²) in [6, 6.07) is 0. The molecule has 19 heteroatoms. The van der Waals surface area contributed by atoms with Gasteiger partial charge in [-0.15, -0.1) is 0 Å². The fraction of sp³-hybridized carbons (Fsp3) is 0.949. The second-order valence-corrected chi connectivity index (χ2v) is 32.2. The molecule has 6 atom stereocenters. The third kappa shape index (κ3) is 70.9. The van der Waals surface area contributed by atoms with Crippen molar-refractivity contribution >= 4 is 39.5 Å². The lowest BCUT2D eigenvalue weighted by Crippen LogP contribution is -2.30. The van der Waals surface area contributed by atoms with Crippen LogP contribution in [-0.4, -0.2) is 96.7 Å². The molecular weight excluding hydrogens is 1270 g/mol. The molecule has 3 N–H and O–H groups in total. The first-order valence-corrected chi connectivity index (χ1v) is 43.4. The van der Waals surface area contributed by atoms with Gasteiger partial charge in [0.05, 0.1) is 26.4 Å². The molecule has 576 valence electrons. The van der Waals surface area contributed by atoms with E-state index >= 15 is 0 Å². The van der Waals surface area contributed by atoms with Crippen molar-refractivity contribution in [1.29, 1.82) is 0 Å². The smallest absolute Gasteiger partial charge is 0.462 e. The van der Waals surface area contributed by atoms with Crippen molar-refractivity contribution in [1.82, 2.24) is 0 Å². The number of hydrogen-bond donors (Lipinski definition) is 3. The molecule has 0 rings (SSSR count). The molecule has 0 heterocycles. The summed E-state index contributed by atoms with van der Waals surface area (Å²) in [6.07, 6.45) is 55.5. The molecule has 0 spiro atoms. The minimum Gasteiger partial charge on any atom is -0.462 e. The number of phosphoric ester groups is 2. The number of aliphatic hydroxyl groups is 1. The van der Waals surface area contributed by atoms with Crippen molar-refractivity contribution in [3.63, 3.8) is 0 Å². The lowest BCUT2D eigenvalue weighted by Gasteiger charge is -2.21. The molecule has 0 bridgehead atoms. The number of carbonyl (C=O) groups excluding carboxylic acids is 4. The molecule has 0 aromatic rings. The Labute approximate surface area is 594 Å². The van der Waals surface area contributed by atoms with Crippen molar-refractivity contribution in [3.05, 3.63) is 0 Å². The highest BCUT2D eigenvalue weighted by molar-refractivity contribution is 7.47. The molecule has 0 aromatic heterocycles. The molecule has 0 aliphatic carbocycles. The van der Waals surface area contributed by atoms with Crippen molar-refractivity contribution in [3.8, 4) is 0 Å². The van der Waals surface area contributed by atoms with Gasteiger partial charge in [-0.05, 0) is 43.4 Å². The molecule has 3 unspecified atom stereocenters. The van der Waals surface area contributed by atoms with Gasteiger partial charge in [-0.1, -0.05) is 350 Å². The van der Waals surface area contributed by atoms with Crippen LogP contribution in [0.2, 0.25) is 0 Å². The monoisotopic (exact) mass is 1420 g/mol. The molecular formula is C78H152O17P2. The Balaban J connectivity index is 5.22. The number of aliphatic hydroxyl groups excluding tert-OH is 1. The van der Waals surface area contributed by atoms with E-state index in [0.29, 0.717) is 25.7 Å². The first-order chi connectivity index (χ1) is 46.8. The van der Waals surface area contributed by atoms with Crippen molar-refractivity contribution < 1.29 is 80.2 Å². The van der Waals surface area contributed by atoms with E-state index in [9.17, 15) is 43.2 Å². The fourth-order valence-corrected chi connectivity index (χ4v) is 13.5. The zero-order valence-corrected chi connectivity index (χ0v) is 65.3. The first kappa shape index (κ1) is 95.1. The Morgan fingerprint density at radius 1 is 0.299 bits per heavy atom. The van der Waals surface area contributed by atoms with Crippen LogP contribution in [-0.2, 0) is 65.4 Å². The molecule has 0 fully saturated rings.